The molecule has 0 radical (unpaired) electrons. The molecule has 1 aliphatic heterocycles. The van der Waals surface area contributed by atoms with Crippen LogP contribution in [0.25, 0.3) is 0 Å². The van der Waals surface area contributed by atoms with E-state index in [0.717, 1.165) is 0 Å². The predicted molar refractivity (Wildman–Crippen MR) is 70.7 cm³/mol. The topological polar surface area (TPSA) is 75.4 Å². The monoisotopic (exact) mass is 281 g/mol. The first-order chi connectivity index (χ1) is 8.95. The quantitative estimate of drug-likeness (QED) is 0.598. The highest BCUT2D eigenvalue weighted by atomic mass is 32.1. The van der Waals surface area contributed by atoms with Crippen LogP contribution >= 0.6 is 12.2 Å². The number of thiocarbonyl (C=S) groups is 1. The van der Waals surface area contributed by atoms with E-state index in [9.17, 15) is 14.0 Å². The van der Waals surface area contributed by atoms with Crippen molar-refractivity contribution in [2.75, 3.05) is 13.1 Å². The van der Waals surface area contributed by atoms with Crippen molar-refractivity contribution in [3.63, 3.8) is 0 Å². The van der Waals surface area contributed by atoms with Gasteiger partial charge in [-0.05, 0) is 17.7 Å². The second-order valence-electron chi connectivity index (χ2n) is 4.28. The molecular formula is C12H12FN3O2S. The summed E-state index contributed by atoms with van der Waals surface area (Å²) in [5.41, 5.74) is 6.66. The smallest absolute Gasteiger partial charge is 0.240 e. The van der Waals surface area contributed by atoms with Crippen LogP contribution in [0.1, 0.15) is 11.1 Å². The molecule has 0 bridgehead atoms. The van der Waals surface area contributed by atoms with Gasteiger partial charge in [-0.2, -0.15) is 0 Å². The van der Waals surface area contributed by atoms with Gasteiger partial charge in [0.2, 0.25) is 11.8 Å². The number of nitrogens with one attached hydrogen (secondary N) is 1. The molecule has 0 aromatic heterocycles. The van der Waals surface area contributed by atoms with Gasteiger partial charge in [0.15, 0.2) is 0 Å². The summed E-state index contributed by atoms with van der Waals surface area (Å²) < 4.78 is 13.2. The minimum absolute atomic E-state index is 0.0855. The molecule has 0 saturated carbocycles. The Morgan fingerprint density at radius 2 is 2.00 bits per heavy atom. The Balaban J connectivity index is 2.21. The van der Waals surface area contributed by atoms with Gasteiger partial charge in [0.25, 0.3) is 0 Å². The van der Waals surface area contributed by atoms with Crippen LogP contribution in [0.3, 0.4) is 0 Å². The van der Waals surface area contributed by atoms with E-state index >= 15 is 0 Å². The van der Waals surface area contributed by atoms with Gasteiger partial charge in [0.1, 0.15) is 10.8 Å². The highest BCUT2D eigenvalue weighted by Gasteiger charge is 2.23. The summed E-state index contributed by atoms with van der Waals surface area (Å²) in [6, 6.07) is 4.10. The van der Waals surface area contributed by atoms with Crippen molar-refractivity contribution < 1.29 is 14.0 Å². The number of halogens is 1. The summed E-state index contributed by atoms with van der Waals surface area (Å²) in [7, 11) is 0. The standard InChI is InChI=1S/C12H12FN3O2S/c13-8-2-1-7(9(3-8)12(14)19)4-16-5-10(17)15-11(18)6-16/h1-3H,4-6H2,(H2,14,19)(H,15,17,18). The fourth-order valence-electron chi connectivity index (χ4n) is 1.97. The maximum atomic E-state index is 13.2. The van der Waals surface area contributed by atoms with E-state index in [4.69, 9.17) is 18.0 Å². The van der Waals surface area contributed by atoms with E-state index < -0.39 is 5.82 Å². The Morgan fingerprint density at radius 3 is 2.58 bits per heavy atom. The Hall–Kier alpha value is -1.86. The normalized spacial score (nSPS) is 16.3. The maximum Gasteiger partial charge on any atom is 0.240 e. The molecule has 1 aromatic rings. The molecule has 1 heterocycles. The number of hydrogen-bond donors (Lipinski definition) is 2. The molecule has 0 atom stereocenters. The number of benzene rings is 1. The van der Waals surface area contributed by atoms with E-state index in [0.29, 0.717) is 17.7 Å². The first-order valence-electron chi connectivity index (χ1n) is 5.59. The maximum absolute atomic E-state index is 13.2. The molecule has 0 unspecified atom stereocenters. The minimum Gasteiger partial charge on any atom is -0.389 e. The van der Waals surface area contributed by atoms with Crippen LogP contribution in [0.2, 0.25) is 0 Å². The molecule has 1 saturated heterocycles. The number of carbonyl (C=O) groups excluding carboxylic acids is 2. The van der Waals surface area contributed by atoms with Crippen LogP contribution in [-0.4, -0.2) is 34.8 Å². The van der Waals surface area contributed by atoms with Crippen molar-refractivity contribution in [3.05, 3.63) is 35.1 Å². The summed E-state index contributed by atoms with van der Waals surface area (Å²) in [6.07, 6.45) is 0. The van der Waals surface area contributed by atoms with Crippen molar-refractivity contribution >= 4 is 29.0 Å². The predicted octanol–water partition coefficient (Wildman–Crippen LogP) is -0.0817. The van der Waals surface area contributed by atoms with E-state index in [1.807, 2.05) is 0 Å². The highest BCUT2D eigenvalue weighted by molar-refractivity contribution is 7.80. The number of hydrogen-bond acceptors (Lipinski definition) is 4. The van der Waals surface area contributed by atoms with Crippen LogP contribution in [0.15, 0.2) is 18.2 Å². The number of imide groups is 1. The lowest BCUT2D eigenvalue weighted by atomic mass is 10.1. The van der Waals surface area contributed by atoms with Crippen LogP contribution in [0.5, 0.6) is 0 Å². The zero-order valence-corrected chi connectivity index (χ0v) is 10.8. The summed E-state index contributed by atoms with van der Waals surface area (Å²) in [4.78, 5) is 24.3. The van der Waals surface area contributed by atoms with Crippen molar-refractivity contribution in [3.8, 4) is 0 Å². The van der Waals surface area contributed by atoms with Crippen LogP contribution < -0.4 is 11.1 Å². The number of piperazine rings is 1. The van der Waals surface area contributed by atoms with Crippen LogP contribution in [0.4, 0.5) is 4.39 Å². The van der Waals surface area contributed by atoms with Gasteiger partial charge in [-0.15, -0.1) is 0 Å². The fraction of sp³-hybridized carbons (Fsp3) is 0.250. The number of nitrogens with two attached hydrogens (primary N) is 1. The fourth-order valence-corrected chi connectivity index (χ4v) is 2.16. The molecule has 7 heteroatoms. The lowest BCUT2D eigenvalue weighted by molar-refractivity contribution is -0.136. The molecule has 1 fully saturated rings. The summed E-state index contributed by atoms with van der Waals surface area (Å²) in [6.45, 7) is 0.534. The Bertz CT molecular complexity index is 546. The first-order valence-corrected chi connectivity index (χ1v) is 6.00. The zero-order chi connectivity index (χ0) is 14.0. The number of amides is 2. The molecule has 0 spiro atoms. The summed E-state index contributed by atoms with van der Waals surface area (Å²) in [5, 5.41) is 2.21. The zero-order valence-electron chi connectivity index (χ0n) is 9.98. The largest absolute Gasteiger partial charge is 0.389 e. The average molecular weight is 281 g/mol. The van der Waals surface area contributed by atoms with E-state index in [1.165, 1.54) is 12.1 Å². The van der Waals surface area contributed by atoms with Gasteiger partial charge < -0.3 is 5.73 Å². The van der Waals surface area contributed by atoms with Gasteiger partial charge in [-0.3, -0.25) is 19.8 Å². The van der Waals surface area contributed by atoms with Crippen LogP contribution in [0, 0.1) is 5.82 Å². The Labute approximate surface area is 114 Å². The van der Waals surface area contributed by atoms with Crippen LogP contribution in [-0.2, 0) is 16.1 Å². The van der Waals surface area contributed by atoms with Crippen molar-refractivity contribution in [2.24, 2.45) is 5.73 Å². The summed E-state index contributed by atoms with van der Waals surface area (Å²) in [5.74, 6) is -1.13. The average Bonchev–Trinajstić information content (AvgIpc) is 2.30. The van der Waals surface area contributed by atoms with Gasteiger partial charge in [-0.1, -0.05) is 18.3 Å². The van der Waals surface area contributed by atoms with Gasteiger partial charge in [0, 0.05) is 12.1 Å². The van der Waals surface area contributed by atoms with Crippen molar-refractivity contribution in [2.45, 2.75) is 6.54 Å². The van der Waals surface area contributed by atoms with Gasteiger partial charge >= 0.3 is 0 Å². The second kappa shape index (κ2) is 5.41. The van der Waals surface area contributed by atoms with Crippen molar-refractivity contribution in [1.82, 2.24) is 10.2 Å². The molecule has 2 rings (SSSR count). The Morgan fingerprint density at radius 1 is 1.37 bits per heavy atom. The molecule has 1 aromatic carbocycles. The molecule has 100 valence electrons. The van der Waals surface area contributed by atoms with E-state index in [2.05, 4.69) is 5.32 Å². The molecular weight excluding hydrogens is 269 g/mol. The molecule has 0 aliphatic carbocycles. The number of rotatable bonds is 3. The van der Waals surface area contributed by atoms with E-state index in [-0.39, 0.29) is 29.9 Å². The third kappa shape index (κ3) is 3.33. The second-order valence-corrected chi connectivity index (χ2v) is 4.72. The number of nitrogens with zero attached hydrogens (tertiary/aromatic N) is 1. The van der Waals surface area contributed by atoms with Crippen molar-refractivity contribution in [1.29, 1.82) is 0 Å². The Kier molecular flexibility index (Phi) is 3.87. The molecule has 19 heavy (non-hydrogen) atoms. The first kappa shape index (κ1) is 13.6. The summed E-state index contributed by atoms with van der Waals surface area (Å²) >= 11 is 4.87. The van der Waals surface area contributed by atoms with Gasteiger partial charge in [0.05, 0.1) is 13.1 Å². The molecule has 2 amide bonds. The number of carbonyl (C=O) groups is 2. The lowest BCUT2D eigenvalue weighted by Gasteiger charge is -2.26. The molecule has 3 N–H and O–H groups in total. The highest BCUT2D eigenvalue weighted by Crippen LogP contribution is 2.14. The van der Waals surface area contributed by atoms with E-state index in [1.54, 1.807) is 11.0 Å². The molecule has 5 nitrogen and oxygen atoms in total. The SMILES string of the molecule is NC(=S)c1cc(F)ccc1CN1CC(=O)NC(=O)C1. The third-order valence-corrected chi connectivity index (χ3v) is 2.96. The molecule has 1 aliphatic rings. The van der Waals surface area contributed by atoms with Gasteiger partial charge in [-0.25, -0.2) is 4.39 Å². The minimum atomic E-state index is -0.431. The third-order valence-electron chi connectivity index (χ3n) is 2.74. The lowest BCUT2D eigenvalue weighted by Crippen LogP contribution is -2.51.